The summed E-state index contributed by atoms with van der Waals surface area (Å²) in [5.74, 6) is 0.845. The van der Waals surface area contributed by atoms with Gasteiger partial charge in [-0.15, -0.1) is 11.8 Å². The van der Waals surface area contributed by atoms with E-state index in [0.29, 0.717) is 33.4 Å². The number of thioether (sulfide) groups is 1. The van der Waals surface area contributed by atoms with Crippen molar-refractivity contribution >= 4 is 39.1 Å². The molecule has 0 aliphatic carbocycles. The highest BCUT2D eigenvalue weighted by Crippen LogP contribution is 2.42. The zero-order chi connectivity index (χ0) is 24.6. The van der Waals surface area contributed by atoms with E-state index in [1.165, 1.54) is 5.56 Å². The Bertz CT molecular complexity index is 1310. The minimum absolute atomic E-state index is 0.0455. The van der Waals surface area contributed by atoms with Gasteiger partial charge < -0.3 is 0 Å². The Morgan fingerprint density at radius 3 is 2.24 bits per heavy atom. The summed E-state index contributed by atoms with van der Waals surface area (Å²) in [4.78, 5) is 14.9. The number of amides is 1. The predicted molar refractivity (Wildman–Crippen MR) is 141 cm³/mol. The maximum absolute atomic E-state index is 13.2. The zero-order valence-corrected chi connectivity index (χ0v) is 21.8. The monoisotopic (exact) mass is 494 g/mol. The molecule has 0 spiro atoms. The van der Waals surface area contributed by atoms with Crippen molar-refractivity contribution in [2.45, 2.75) is 50.8 Å². The first kappa shape index (κ1) is 24.4. The highest BCUT2D eigenvalue weighted by Gasteiger charge is 2.34. The van der Waals surface area contributed by atoms with Crippen LogP contribution >= 0.6 is 11.8 Å². The van der Waals surface area contributed by atoms with Crippen LogP contribution < -0.4 is 9.62 Å². The molecule has 34 heavy (non-hydrogen) atoms. The Labute approximate surface area is 206 Å². The number of benzene rings is 3. The molecule has 0 saturated carbocycles. The maximum atomic E-state index is 13.2. The summed E-state index contributed by atoms with van der Waals surface area (Å²) < 4.78 is 29.2. The van der Waals surface area contributed by atoms with Gasteiger partial charge in [-0.3, -0.25) is 14.4 Å². The standard InChI is InChI=1S/C27H30N2O3S2/c1-17(2)21-9-11-24(12-10-21)29-25(30)16-33-27(29)22-7-6-8-23(15-22)28-34(31,32)26-19(4)13-18(3)14-20(26)5/h6-15,17,27-28H,16H2,1-5H3/t27-/m0/s1. The summed E-state index contributed by atoms with van der Waals surface area (Å²) in [7, 11) is -3.76. The molecule has 1 aliphatic heterocycles. The van der Waals surface area contributed by atoms with Crippen LogP contribution in [0.2, 0.25) is 0 Å². The van der Waals surface area contributed by atoms with Gasteiger partial charge in [0, 0.05) is 11.4 Å². The second-order valence-corrected chi connectivity index (χ2v) is 11.8. The van der Waals surface area contributed by atoms with E-state index in [1.54, 1.807) is 22.7 Å². The Balaban J connectivity index is 1.63. The van der Waals surface area contributed by atoms with Crippen LogP contribution in [0.5, 0.6) is 0 Å². The van der Waals surface area contributed by atoms with E-state index in [1.807, 2.05) is 63.2 Å². The summed E-state index contributed by atoms with van der Waals surface area (Å²) in [6.45, 7) is 9.86. The average Bonchev–Trinajstić information content (AvgIpc) is 3.14. The number of nitrogens with zero attached hydrogens (tertiary/aromatic N) is 1. The van der Waals surface area contributed by atoms with Gasteiger partial charge in [0.1, 0.15) is 5.37 Å². The van der Waals surface area contributed by atoms with E-state index in [-0.39, 0.29) is 11.3 Å². The van der Waals surface area contributed by atoms with Gasteiger partial charge in [-0.1, -0.05) is 55.8 Å². The molecule has 178 valence electrons. The molecule has 0 bridgehead atoms. The molecule has 0 radical (unpaired) electrons. The van der Waals surface area contributed by atoms with E-state index in [2.05, 4.69) is 30.7 Å². The summed E-state index contributed by atoms with van der Waals surface area (Å²) in [6, 6.07) is 19.2. The smallest absolute Gasteiger partial charge is 0.262 e. The Hall–Kier alpha value is -2.77. The van der Waals surface area contributed by atoms with Gasteiger partial charge in [0.25, 0.3) is 10.0 Å². The van der Waals surface area contributed by atoms with Gasteiger partial charge in [-0.2, -0.15) is 0 Å². The molecule has 3 aromatic carbocycles. The van der Waals surface area contributed by atoms with Crippen LogP contribution in [0, 0.1) is 20.8 Å². The lowest BCUT2D eigenvalue weighted by Crippen LogP contribution is -2.27. The first-order chi connectivity index (χ1) is 16.1. The number of rotatable bonds is 6. The van der Waals surface area contributed by atoms with Crippen LogP contribution in [0.1, 0.15) is 53.0 Å². The van der Waals surface area contributed by atoms with Crippen LogP contribution in [-0.4, -0.2) is 20.1 Å². The molecule has 1 saturated heterocycles. The van der Waals surface area contributed by atoms with Crippen molar-refractivity contribution in [3.8, 4) is 0 Å². The summed E-state index contributed by atoms with van der Waals surface area (Å²) in [5, 5.41) is -0.218. The highest BCUT2D eigenvalue weighted by molar-refractivity contribution is 8.00. The molecule has 1 atom stereocenters. The number of hydrogen-bond acceptors (Lipinski definition) is 4. The molecule has 5 nitrogen and oxygen atoms in total. The minimum atomic E-state index is -3.76. The molecule has 1 aliphatic rings. The van der Waals surface area contributed by atoms with Crippen LogP contribution in [0.25, 0.3) is 0 Å². The normalized spacial score (nSPS) is 16.4. The molecular formula is C27H30N2O3S2. The number of anilines is 2. The third-order valence-corrected chi connectivity index (χ3v) is 8.90. The lowest BCUT2D eigenvalue weighted by atomic mass is 10.0. The van der Waals surface area contributed by atoms with Crippen LogP contribution in [-0.2, 0) is 14.8 Å². The number of carbonyl (C=O) groups excluding carboxylic acids is 1. The molecule has 1 N–H and O–H groups in total. The maximum Gasteiger partial charge on any atom is 0.262 e. The van der Waals surface area contributed by atoms with Crippen LogP contribution in [0.3, 0.4) is 0 Å². The Morgan fingerprint density at radius 2 is 1.62 bits per heavy atom. The summed E-state index contributed by atoms with van der Waals surface area (Å²) >= 11 is 1.55. The third kappa shape index (κ3) is 4.86. The third-order valence-electron chi connectivity index (χ3n) is 6.00. The summed E-state index contributed by atoms with van der Waals surface area (Å²) in [5.41, 5.74) is 5.89. The average molecular weight is 495 g/mol. The van der Waals surface area contributed by atoms with Crippen molar-refractivity contribution in [2.75, 3.05) is 15.4 Å². The first-order valence-corrected chi connectivity index (χ1v) is 13.8. The zero-order valence-electron chi connectivity index (χ0n) is 20.1. The van der Waals surface area contributed by atoms with Crippen molar-refractivity contribution in [3.63, 3.8) is 0 Å². The SMILES string of the molecule is Cc1cc(C)c(S(=O)(=O)Nc2cccc([C@@H]3SCC(=O)N3c3ccc(C(C)C)cc3)c2)c(C)c1. The van der Waals surface area contributed by atoms with Crippen LogP contribution in [0.15, 0.2) is 65.6 Å². The molecular weight excluding hydrogens is 464 g/mol. The molecule has 0 aromatic heterocycles. The molecule has 4 rings (SSSR count). The fraction of sp³-hybridized carbons (Fsp3) is 0.296. The van der Waals surface area contributed by atoms with E-state index in [4.69, 9.17) is 0 Å². The fourth-order valence-electron chi connectivity index (χ4n) is 4.52. The van der Waals surface area contributed by atoms with E-state index < -0.39 is 10.0 Å². The molecule has 1 amide bonds. The lowest BCUT2D eigenvalue weighted by molar-refractivity contribution is -0.115. The van der Waals surface area contributed by atoms with Crippen molar-refractivity contribution < 1.29 is 13.2 Å². The predicted octanol–water partition coefficient (Wildman–Crippen LogP) is 6.31. The minimum Gasteiger partial charge on any atom is -0.295 e. The highest BCUT2D eigenvalue weighted by atomic mass is 32.2. The molecule has 0 unspecified atom stereocenters. The van der Waals surface area contributed by atoms with Crippen LogP contribution in [0.4, 0.5) is 11.4 Å². The fourth-order valence-corrected chi connectivity index (χ4v) is 7.19. The van der Waals surface area contributed by atoms with Gasteiger partial charge in [0.2, 0.25) is 5.91 Å². The number of carbonyl (C=O) groups is 1. The van der Waals surface area contributed by atoms with Gasteiger partial charge in [-0.25, -0.2) is 8.42 Å². The number of nitrogens with one attached hydrogen (secondary N) is 1. The van der Waals surface area contributed by atoms with Gasteiger partial charge in [0.15, 0.2) is 0 Å². The summed E-state index contributed by atoms with van der Waals surface area (Å²) in [6.07, 6.45) is 0. The first-order valence-electron chi connectivity index (χ1n) is 11.3. The van der Waals surface area contributed by atoms with Gasteiger partial charge >= 0.3 is 0 Å². The second kappa shape index (κ2) is 9.47. The molecule has 7 heteroatoms. The number of sulfonamides is 1. The molecule has 3 aromatic rings. The molecule has 1 heterocycles. The Morgan fingerprint density at radius 1 is 0.971 bits per heavy atom. The van der Waals surface area contributed by atoms with E-state index in [9.17, 15) is 13.2 Å². The quantitative estimate of drug-likeness (QED) is 0.436. The van der Waals surface area contributed by atoms with E-state index >= 15 is 0 Å². The van der Waals surface area contributed by atoms with Crippen molar-refractivity contribution in [1.82, 2.24) is 0 Å². The topological polar surface area (TPSA) is 66.5 Å². The van der Waals surface area contributed by atoms with Gasteiger partial charge in [-0.05, 0) is 73.2 Å². The Kier molecular flexibility index (Phi) is 6.78. The van der Waals surface area contributed by atoms with Crippen molar-refractivity contribution in [2.24, 2.45) is 0 Å². The molecule has 1 fully saturated rings. The van der Waals surface area contributed by atoms with E-state index in [0.717, 1.165) is 16.8 Å². The largest absolute Gasteiger partial charge is 0.295 e. The number of hydrogen-bond donors (Lipinski definition) is 1. The van der Waals surface area contributed by atoms with Crippen molar-refractivity contribution in [1.29, 1.82) is 0 Å². The van der Waals surface area contributed by atoms with Crippen molar-refractivity contribution in [3.05, 3.63) is 88.5 Å². The second-order valence-electron chi connectivity index (χ2n) is 9.13. The number of aryl methyl sites for hydroxylation is 3. The lowest BCUT2D eigenvalue weighted by Gasteiger charge is -2.25. The van der Waals surface area contributed by atoms with Gasteiger partial charge in [0.05, 0.1) is 10.6 Å².